The number of ether oxygens (including phenoxy) is 1. The zero-order valence-corrected chi connectivity index (χ0v) is 16.2. The lowest BCUT2D eigenvalue weighted by molar-refractivity contribution is 0.0465. The molecule has 1 aromatic carbocycles. The number of hydrogen-bond acceptors (Lipinski definition) is 5. The third-order valence-corrected chi connectivity index (χ3v) is 5.85. The number of carbonyl (C=O) groups is 2. The largest absolute Gasteiger partial charge is 0.456 e. The number of nitrogens with one attached hydrogen (secondary N) is 1. The molecule has 2 rings (SSSR count). The fraction of sp³-hybridized carbons (Fsp3) is 0.333. The predicted octanol–water partition coefficient (Wildman–Crippen LogP) is 2.44. The van der Waals surface area contributed by atoms with Gasteiger partial charge >= 0.3 is 5.97 Å². The highest BCUT2D eigenvalue weighted by molar-refractivity contribution is 7.89. The van der Waals surface area contributed by atoms with Crippen LogP contribution in [-0.2, 0) is 21.4 Å². The maximum Gasteiger partial charge on any atom is 0.355 e. The molecule has 1 heterocycles. The zero-order valence-electron chi connectivity index (χ0n) is 15.4. The second-order valence-electron chi connectivity index (χ2n) is 6.19. The van der Waals surface area contributed by atoms with Gasteiger partial charge in [0.15, 0.2) is 5.78 Å². The van der Waals surface area contributed by atoms with E-state index in [-0.39, 0.29) is 23.0 Å². The molecule has 0 aliphatic carbocycles. The van der Waals surface area contributed by atoms with Crippen LogP contribution in [0.3, 0.4) is 0 Å². The molecule has 8 heteroatoms. The van der Waals surface area contributed by atoms with E-state index >= 15 is 0 Å². The molecule has 0 aliphatic rings. The summed E-state index contributed by atoms with van der Waals surface area (Å²) in [5.41, 5.74) is 2.42. The number of aromatic nitrogens is 1. The maximum absolute atomic E-state index is 12.3. The molecular formula is C18H22N2O5S. The summed E-state index contributed by atoms with van der Waals surface area (Å²) < 4.78 is 30.7. The number of esters is 1. The van der Waals surface area contributed by atoms with E-state index in [9.17, 15) is 18.0 Å². The summed E-state index contributed by atoms with van der Waals surface area (Å²) in [5, 5.41) is 0. The summed E-state index contributed by atoms with van der Waals surface area (Å²) in [4.78, 5) is 27.0. The SMILES string of the molecule is CC(=O)c1c(C)[nH]c(C(=O)OCc2cccc(S(=O)(=O)N(C)C)c2)c1C. The number of aromatic amines is 1. The van der Waals surface area contributed by atoms with Crippen molar-refractivity contribution in [2.75, 3.05) is 14.1 Å². The lowest BCUT2D eigenvalue weighted by Gasteiger charge is -2.12. The minimum atomic E-state index is -3.56. The molecule has 0 spiro atoms. The van der Waals surface area contributed by atoms with Gasteiger partial charge in [-0.2, -0.15) is 0 Å². The Balaban J connectivity index is 2.19. The van der Waals surface area contributed by atoms with Crippen LogP contribution in [0.1, 0.15) is 44.6 Å². The van der Waals surface area contributed by atoms with Crippen LogP contribution in [0.5, 0.6) is 0 Å². The molecule has 0 saturated heterocycles. The molecule has 26 heavy (non-hydrogen) atoms. The molecule has 2 aromatic rings. The molecule has 1 aromatic heterocycles. The van der Waals surface area contributed by atoms with Crippen LogP contribution in [0.15, 0.2) is 29.2 Å². The van der Waals surface area contributed by atoms with E-state index in [1.54, 1.807) is 26.0 Å². The van der Waals surface area contributed by atoms with E-state index in [4.69, 9.17) is 4.74 Å². The molecule has 0 aliphatic heterocycles. The number of ketones is 1. The Morgan fingerprint density at radius 2 is 1.85 bits per heavy atom. The second kappa shape index (κ2) is 7.43. The predicted molar refractivity (Wildman–Crippen MR) is 96.7 cm³/mol. The lowest BCUT2D eigenvalue weighted by Crippen LogP contribution is -2.22. The van der Waals surface area contributed by atoms with Crippen LogP contribution in [0.25, 0.3) is 0 Å². The molecule has 0 unspecified atom stereocenters. The Labute approximate surface area is 153 Å². The number of hydrogen-bond donors (Lipinski definition) is 1. The molecule has 0 bridgehead atoms. The van der Waals surface area contributed by atoms with Crippen LogP contribution < -0.4 is 0 Å². The smallest absolute Gasteiger partial charge is 0.355 e. The van der Waals surface area contributed by atoms with Crippen LogP contribution in [0, 0.1) is 13.8 Å². The Hall–Kier alpha value is -2.45. The van der Waals surface area contributed by atoms with Crippen LogP contribution in [0.2, 0.25) is 0 Å². The van der Waals surface area contributed by atoms with Crippen LogP contribution in [0.4, 0.5) is 0 Å². The van der Waals surface area contributed by atoms with Gasteiger partial charge in [0, 0.05) is 25.4 Å². The van der Waals surface area contributed by atoms with Gasteiger partial charge < -0.3 is 9.72 Å². The summed E-state index contributed by atoms with van der Waals surface area (Å²) in [6.07, 6.45) is 0. The lowest BCUT2D eigenvalue weighted by atomic mass is 10.1. The van der Waals surface area contributed by atoms with Crippen molar-refractivity contribution in [2.45, 2.75) is 32.3 Å². The summed E-state index contributed by atoms with van der Waals surface area (Å²) in [6.45, 7) is 4.76. The Bertz CT molecular complexity index is 958. The van der Waals surface area contributed by atoms with E-state index in [1.807, 2.05) is 0 Å². The van der Waals surface area contributed by atoms with Crippen LogP contribution >= 0.6 is 0 Å². The van der Waals surface area contributed by atoms with Gasteiger partial charge in [-0.25, -0.2) is 17.5 Å². The standard InChI is InChI=1S/C18H22N2O5S/c1-11-16(13(3)21)12(2)19-17(11)18(22)25-10-14-7-6-8-15(9-14)26(23,24)20(4)5/h6-9,19H,10H2,1-5H3. The first-order chi connectivity index (χ1) is 12.1. The van der Waals surface area contributed by atoms with Crippen molar-refractivity contribution in [1.82, 2.24) is 9.29 Å². The number of sulfonamides is 1. The molecule has 0 atom stereocenters. The van der Waals surface area contributed by atoms with E-state index in [1.165, 1.54) is 33.2 Å². The molecule has 140 valence electrons. The first-order valence-corrected chi connectivity index (χ1v) is 9.38. The fourth-order valence-electron chi connectivity index (χ4n) is 2.71. The van der Waals surface area contributed by atoms with Gasteiger partial charge in [-0.1, -0.05) is 12.1 Å². The fourth-order valence-corrected chi connectivity index (χ4v) is 3.68. The highest BCUT2D eigenvalue weighted by Crippen LogP contribution is 2.20. The van der Waals surface area contributed by atoms with Crippen molar-refractivity contribution < 1.29 is 22.7 Å². The van der Waals surface area contributed by atoms with Gasteiger partial charge in [0.25, 0.3) is 0 Å². The number of benzene rings is 1. The van der Waals surface area contributed by atoms with Crippen LogP contribution in [-0.4, -0.2) is 43.6 Å². The average molecular weight is 378 g/mol. The molecule has 0 amide bonds. The van der Waals surface area contributed by atoms with Crippen molar-refractivity contribution in [3.8, 4) is 0 Å². The minimum absolute atomic E-state index is 0.0808. The summed E-state index contributed by atoms with van der Waals surface area (Å²) >= 11 is 0. The minimum Gasteiger partial charge on any atom is -0.456 e. The van der Waals surface area contributed by atoms with Gasteiger partial charge in [-0.3, -0.25) is 4.79 Å². The van der Waals surface area contributed by atoms with Crippen molar-refractivity contribution in [3.05, 3.63) is 52.3 Å². The number of nitrogens with zero attached hydrogens (tertiary/aromatic N) is 1. The topological polar surface area (TPSA) is 96.5 Å². The van der Waals surface area contributed by atoms with Crippen molar-refractivity contribution >= 4 is 21.8 Å². The Morgan fingerprint density at radius 1 is 1.19 bits per heavy atom. The van der Waals surface area contributed by atoms with Gasteiger partial charge in [0.05, 0.1) is 4.90 Å². The average Bonchev–Trinajstić information content (AvgIpc) is 2.87. The first-order valence-electron chi connectivity index (χ1n) is 7.94. The number of rotatable bonds is 6. The maximum atomic E-state index is 12.3. The third-order valence-electron chi connectivity index (χ3n) is 4.04. The quantitative estimate of drug-likeness (QED) is 0.615. The second-order valence-corrected chi connectivity index (χ2v) is 8.34. The van der Waals surface area contributed by atoms with Gasteiger partial charge in [0.1, 0.15) is 12.3 Å². The van der Waals surface area contributed by atoms with Gasteiger partial charge in [-0.15, -0.1) is 0 Å². The van der Waals surface area contributed by atoms with E-state index in [0.29, 0.717) is 22.4 Å². The van der Waals surface area contributed by atoms with E-state index in [2.05, 4.69) is 4.98 Å². The number of Topliss-reactive ketones (excluding diaryl/α,β-unsaturated/α-hetero) is 1. The molecule has 1 N–H and O–H groups in total. The van der Waals surface area contributed by atoms with Gasteiger partial charge in [0.2, 0.25) is 10.0 Å². The van der Waals surface area contributed by atoms with E-state index in [0.717, 1.165) is 4.31 Å². The van der Waals surface area contributed by atoms with E-state index < -0.39 is 16.0 Å². The summed E-state index contributed by atoms with van der Waals surface area (Å²) in [7, 11) is -0.661. The third kappa shape index (κ3) is 3.86. The monoisotopic (exact) mass is 378 g/mol. The number of H-pyrrole nitrogens is 1. The number of aryl methyl sites for hydroxylation is 1. The van der Waals surface area contributed by atoms with Gasteiger partial charge in [-0.05, 0) is 44.0 Å². The summed E-state index contributed by atoms with van der Waals surface area (Å²) in [5.74, 6) is -0.726. The molecule has 0 radical (unpaired) electrons. The summed E-state index contributed by atoms with van der Waals surface area (Å²) in [6, 6.07) is 6.22. The Kier molecular flexibility index (Phi) is 5.68. The Morgan fingerprint density at radius 3 is 2.38 bits per heavy atom. The molecule has 0 saturated carbocycles. The first kappa shape index (κ1) is 19.9. The number of carbonyl (C=O) groups excluding carboxylic acids is 2. The van der Waals surface area contributed by atoms with Crippen molar-refractivity contribution in [3.63, 3.8) is 0 Å². The zero-order chi connectivity index (χ0) is 19.6. The van der Waals surface area contributed by atoms with Crippen molar-refractivity contribution in [1.29, 1.82) is 0 Å². The highest BCUT2D eigenvalue weighted by atomic mass is 32.2. The molecule has 0 fully saturated rings. The molecular weight excluding hydrogens is 356 g/mol. The molecule has 7 nitrogen and oxygen atoms in total. The highest BCUT2D eigenvalue weighted by Gasteiger charge is 2.21. The van der Waals surface area contributed by atoms with Crippen molar-refractivity contribution in [2.24, 2.45) is 0 Å². The normalized spacial score (nSPS) is 11.6.